The first-order valence-corrected chi connectivity index (χ1v) is 5.93. The fourth-order valence-electron chi connectivity index (χ4n) is 2.76. The van der Waals surface area contributed by atoms with Crippen molar-refractivity contribution in [3.8, 4) is 6.07 Å². The highest BCUT2D eigenvalue weighted by atomic mass is 15.2. The highest BCUT2D eigenvalue weighted by Gasteiger charge is 2.27. The molecule has 1 saturated heterocycles. The number of anilines is 2. The van der Waals surface area contributed by atoms with E-state index < -0.39 is 0 Å². The summed E-state index contributed by atoms with van der Waals surface area (Å²) in [5, 5.41) is 12.3. The van der Waals surface area contributed by atoms with Gasteiger partial charge in [-0.3, -0.25) is 0 Å². The molecular formula is C13H15N3. The van der Waals surface area contributed by atoms with E-state index in [1.54, 1.807) is 0 Å². The summed E-state index contributed by atoms with van der Waals surface area (Å²) >= 11 is 0. The van der Waals surface area contributed by atoms with Gasteiger partial charge in [0.1, 0.15) is 0 Å². The largest absolute Gasteiger partial charge is 0.381 e. The van der Waals surface area contributed by atoms with Crippen LogP contribution in [0.4, 0.5) is 11.4 Å². The Morgan fingerprint density at radius 2 is 2.31 bits per heavy atom. The predicted molar refractivity (Wildman–Crippen MR) is 64.6 cm³/mol. The van der Waals surface area contributed by atoms with Crippen LogP contribution in [0.1, 0.15) is 24.8 Å². The van der Waals surface area contributed by atoms with E-state index in [9.17, 15) is 0 Å². The molecule has 0 radical (unpaired) electrons. The Hall–Kier alpha value is -1.69. The number of nitriles is 1. The summed E-state index contributed by atoms with van der Waals surface area (Å²) < 4.78 is 0. The van der Waals surface area contributed by atoms with Crippen LogP contribution in [0.2, 0.25) is 0 Å². The molecule has 2 aliphatic rings. The molecule has 0 aromatic heterocycles. The molecule has 0 saturated carbocycles. The van der Waals surface area contributed by atoms with Crippen molar-refractivity contribution in [2.45, 2.75) is 25.3 Å². The quantitative estimate of drug-likeness (QED) is 0.719. The second-order valence-corrected chi connectivity index (χ2v) is 4.57. The van der Waals surface area contributed by atoms with Crippen molar-refractivity contribution in [1.82, 2.24) is 0 Å². The van der Waals surface area contributed by atoms with E-state index >= 15 is 0 Å². The average molecular weight is 213 g/mol. The number of benzene rings is 1. The van der Waals surface area contributed by atoms with Crippen LogP contribution in [0, 0.1) is 11.3 Å². The molecular weight excluding hydrogens is 198 g/mol. The summed E-state index contributed by atoms with van der Waals surface area (Å²) in [5.41, 5.74) is 3.13. The lowest BCUT2D eigenvalue weighted by Crippen LogP contribution is -2.46. The first kappa shape index (κ1) is 9.53. The fraction of sp³-hybridized carbons (Fsp3) is 0.462. The van der Waals surface area contributed by atoms with Crippen LogP contribution in [0.5, 0.6) is 0 Å². The summed E-state index contributed by atoms with van der Waals surface area (Å²) in [6.07, 6.45) is 3.91. The van der Waals surface area contributed by atoms with Gasteiger partial charge in [0.05, 0.1) is 23.0 Å². The minimum absolute atomic E-state index is 0.647. The van der Waals surface area contributed by atoms with Crippen LogP contribution in [0.25, 0.3) is 0 Å². The molecule has 82 valence electrons. The van der Waals surface area contributed by atoms with Crippen LogP contribution in [-0.4, -0.2) is 19.1 Å². The Bertz CT molecular complexity index is 447. The summed E-state index contributed by atoms with van der Waals surface area (Å²) in [6.45, 7) is 2.17. The third kappa shape index (κ3) is 1.42. The predicted octanol–water partition coefficient (Wildman–Crippen LogP) is 2.34. The second-order valence-electron chi connectivity index (χ2n) is 4.57. The molecule has 3 nitrogen and oxygen atoms in total. The maximum Gasteiger partial charge on any atom is 0.0992 e. The first-order chi connectivity index (χ1) is 7.88. The first-order valence-electron chi connectivity index (χ1n) is 5.93. The highest BCUT2D eigenvalue weighted by molar-refractivity contribution is 5.74. The molecule has 0 spiro atoms. The Morgan fingerprint density at radius 3 is 3.19 bits per heavy atom. The van der Waals surface area contributed by atoms with Gasteiger partial charge in [-0.2, -0.15) is 5.26 Å². The number of rotatable bonds is 0. The molecule has 1 N–H and O–H groups in total. The average Bonchev–Trinajstić information content (AvgIpc) is 2.38. The van der Waals surface area contributed by atoms with Crippen LogP contribution < -0.4 is 10.2 Å². The van der Waals surface area contributed by atoms with Crippen molar-refractivity contribution in [2.24, 2.45) is 0 Å². The maximum atomic E-state index is 8.88. The Kier molecular flexibility index (Phi) is 2.21. The zero-order valence-corrected chi connectivity index (χ0v) is 9.24. The van der Waals surface area contributed by atoms with Gasteiger partial charge < -0.3 is 10.2 Å². The summed E-state index contributed by atoms with van der Waals surface area (Å²) in [7, 11) is 0. The van der Waals surface area contributed by atoms with E-state index in [1.807, 2.05) is 12.1 Å². The molecule has 0 aliphatic carbocycles. The lowest BCUT2D eigenvalue weighted by atomic mass is 9.97. The van der Waals surface area contributed by atoms with Crippen molar-refractivity contribution < 1.29 is 0 Å². The zero-order chi connectivity index (χ0) is 11.0. The molecule has 1 fully saturated rings. The standard InChI is InChI=1S/C13H15N3/c14-8-10-4-5-13-12(7-10)15-9-11-3-1-2-6-16(11)13/h4-5,7,11,15H,1-3,6,9H2. The van der Waals surface area contributed by atoms with Crippen molar-refractivity contribution in [3.63, 3.8) is 0 Å². The summed E-state index contributed by atoms with van der Waals surface area (Å²) in [6, 6.07) is 8.79. The topological polar surface area (TPSA) is 39.1 Å². The minimum atomic E-state index is 0.647. The van der Waals surface area contributed by atoms with Gasteiger partial charge in [-0.15, -0.1) is 0 Å². The van der Waals surface area contributed by atoms with Gasteiger partial charge in [0.15, 0.2) is 0 Å². The fourth-order valence-corrected chi connectivity index (χ4v) is 2.76. The molecule has 3 heteroatoms. The summed E-state index contributed by atoms with van der Waals surface area (Å²) in [4.78, 5) is 2.50. The number of nitrogens with zero attached hydrogens (tertiary/aromatic N) is 2. The van der Waals surface area contributed by atoms with Gasteiger partial charge in [0.2, 0.25) is 0 Å². The molecule has 1 aromatic carbocycles. The van der Waals surface area contributed by atoms with Crippen LogP contribution in [0.15, 0.2) is 18.2 Å². The van der Waals surface area contributed by atoms with E-state index in [2.05, 4.69) is 22.4 Å². The molecule has 0 bridgehead atoms. The molecule has 2 aliphatic heterocycles. The van der Waals surface area contributed by atoms with Crippen molar-refractivity contribution >= 4 is 11.4 Å². The minimum Gasteiger partial charge on any atom is -0.381 e. The number of nitrogens with one attached hydrogen (secondary N) is 1. The molecule has 1 atom stereocenters. The van der Waals surface area contributed by atoms with Gasteiger partial charge >= 0.3 is 0 Å². The Morgan fingerprint density at radius 1 is 1.38 bits per heavy atom. The van der Waals surface area contributed by atoms with Crippen molar-refractivity contribution in [3.05, 3.63) is 23.8 Å². The van der Waals surface area contributed by atoms with Crippen LogP contribution in [-0.2, 0) is 0 Å². The van der Waals surface area contributed by atoms with E-state index in [1.165, 1.54) is 24.9 Å². The van der Waals surface area contributed by atoms with Crippen molar-refractivity contribution in [1.29, 1.82) is 5.26 Å². The van der Waals surface area contributed by atoms with Gasteiger partial charge in [-0.1, -0.05) is 0 Å². The molecule has 3 rings (SSSR count). The van der Waals surface area contributed by atoms with E-state index in [-0.39, 0.29) is 0 Å². The molecule has 0 amide bonds. The smallest absolute Gasteiger partial charge is 0.0992 e. The third-order valence-corrected chi connectivity index (χ3v) is 3.59. The SMILES string of the molecule is N#Cc1ccc2c(c1)NCC1CCCCN21. The van der Waals surface area contributed by atoms with E-state index in [0.29, 0.717) is 6.04 Å². The van der Waals surface area contributed by atoms with Gasteiger partial charge in [0.25, 0.3) is 0 Å². The molecule has 16 heavy (non-hydrogen) atoms. The number of piperidine rings is 1. The van der Waals surface area contributed by atoms with Gasteiger partial charge in [0, 0.05) is 19.1 Å². The van der Waals surface area contributed by atoms with Crippen LogP contribution in [0.3, 0.4) is 0 Å². The molecule has 1 unspecified atom stereocenters. The number of hydrogen-bond donors (Lipinski definition) is 1. The van der Waals surface area contributed by atoms with Gasteiger partial charge in [-0.25, -0.2) is 0 Å². The number of fused-ring (bicyclic) bond motifs is 3. The lowest BCUT2D eigenvalue weighted by Gasteiger charge is -2.42. The molecule has 1 aromatic rings. The normalized spacial score (nSPS) is 22.7. The maximum absolute atomic E-state index is 8.88. The summed E-state index contributed by atoms with van der Waals surface area (Å²) in [5.74, 6) is 0. The van der Waals surface area contributed by atoms with Gasteiger partial charge in [-0.05, 0) is 37.5 Å². The second kappa shape index (κ2) is 3.71. The van der Waals surface area contributed by atoms with E-state index in [4.69, 9.17) is 5.26 Å². The highest BCUT2D eigenvalue weighted by Crippen LogP contribution is 2.35. The zero-order valence-electron chi connectivity index (χ0n) is 9.24. The Balaban J connectivity index is 1.99. The number of hydrogen-bond acceptors (Lipinski definition) is 3. The van der Waals surface area contributed by atoms with Crippen LogP contribution >= 0.6 is 0 Å². The van der Waals surface area contributed by atoms with Crippen molar-refractivity contribution in [2.75, 3.05) is 23.3 Å². The molecule has 2 heterocycles. The lowest BCUT2D eigenvalue weighted by molar-refractivity contribution is 0.466. The van der Waals surface area contributed by atoms with E-state index in [0.717, 1.165) is 24.3 Å². The monoisotopic (exact) mass is 213 g/mol. The third-order valence-electron chi connectivity index (χ3n) is 3.59. The Labute approximate surface area is 95.7 Å².